The first kappa shape index (κ1) is 16.8. The molecule has 0 unspecified atom stereocenters. The minimum atomic E-state index is -3.60. The monoisotopic (exact) mass is 347 g/mol. The van der Waals surface area contributed by atoms with Gasteiger partial charge in [0.1, 0.15) is 0 Å². The average molecular weight is 347 g/mol. The minimum absolute atomic E-state index is 0.226. The summed E-state index contributed by atoms with van der Waals surface area (Å²) >= 11 is 0. The zero-order valence-corrected chi connectivity index (χ0v) is 14.3. The van der Waals surface area contributed by atoms with Crippen LogP contribution in [-0.2, 0) is 16.4 Å². The zero-order chi connectivity index (χ0) is 17.7. The summed E-state index contributed by atoms with van der Waals surface area (Å²) in [5.74, 6) is 2.61. The normalized spacial score (nSPS) is 10.8. The third kappa shape index (κ3) is 4.09. The summed E-state index contributed by atoms with van der Waals surface area (Å²) in [6, 6.07) is 23.6. The quantitative estimate of drug-likeness (QED) is 0.698. The van der Waals surface area contributed by atoms with Crippen molar-refractivity contribution in [2.24, 2.45) is 0 Å². The number of hydrogen-bond acceptors (Lipinski definition) is 2. The number of benzene rings is 3. The number of rotatable bonds is 5. The average Bonchev–Trinajstić information content (AvgIpc) is 2.63. The van der Waals surface area contributed by atoms with Crippen molar-refractivity contribution in [2.75, 3.05) is 4.72 Å². The summed E-state index contributed by atoms with van der Waals surface area (Å²) in [5.41, 5.74) is 3.58. The second-order valence-corrected chi connectivity index (χ2v) is 7.26. The Balaban J connectivity index is 1.81. The lowest BCUT2D eigenvalue weighted by molar-refractivity contribution is 0.601. The predicted molar refractivity (Wildman–Crippen MR) is 102 cm³/mol. The molecular formula is C21H17NO2S. The van der Waals surface area contributed by atoms with Gasteiger partial charge in [-0.2, -0.15) is 0 Å². The molecule has 0 aromatic heterocycles. The van der Waals surface area contributed by atoms with Crippen LogP contribution in [0.2, 0.25) is 0 Å². The molecule has 0 saturated carbocycles. The lowest BCUT2D eigenvalue weighted by Crippen LogP contribution is -2.12. The summed E-state index contributed by atoms with van der Waals surface area (Å²) in [7, 11) is -3.60. The van der Waals surface area contributed by atoms with Gasteiger partial charge in [0, 0.05) is 12.1 Å². The highest BCUT2D eigenvalue weighted by atomic mass is 32.2. The third-order valence-electron chi connectivity index (χ3n) is 3.78. The van der Waals surface area contributed by atoms with E-state index in [4.69, 9.17) is 6.42 Å². The fourth-order valence-electron chi connectivity index (χ4n) is 2.48. The molecule has 124 valence electrons. The number of nitrogens with one attached hydrogen (secondary N) is 1. The molecular weight excluding hydrogens is 330 g/mol. The molecule has 3 rings (SSSR count). The van der Waals surface area contributed by atoms with Crippen LogP contribution in [0.15, 0.2) is 83.8 Å². The maximum atomic E-state index is 12.4. The Morgan fingerprint density at radius 3 is 1.92 bits per heavy atom. The highest BCUT2D eigenvalue weighted by Gasteiger charge is 2.14. The summed E-state index contributed by atoms with van der Waals surface area (Å²) in [5, 5.41) is 0. The van der Waals surface area contributed by atoms with Gasteiger partial charge in [-0.15, -0.1) is 12.3 Å². The smallest absolute Gasteiger partial charge is 0.261 e. The summed E-state index contributed by atoms with van der Waals surface area (Å²) in [6.45, 7) is 0. The Morgan fingerprint density at radius 1 is 0.800 bits per heavy atom. The van der Waals surface area contributed by atoms with E-state index in [1.54, 1.807) is 48.5 Å². The molecule has 0 aliphatic heterocycles. The standard InChI is InChI=1S/C21H17NO2S/c1-2-6-17-9-11-18(12-10-17)19-13-15-21(16-14-19)25(23,24)22-20-7-4-3-5-8-20/h1,3-5,7-16,22H,6H2. The minimum Gasteiger partial charge on any atom is -0.280 e. The van der Waals surface area contributed by atoms with Crippen molar-refractivity contribution >= 4 is 15.7 Å². The van der Waals surface area contributed by atoms with Crippen LogP contribution in [0.25, 0.3) is 11.1 Å². The number of anilines is 1. The second kappa shape index (κ2) is 7.25. The van der Waals surface area contributed by atoms with Crippen molar-refractivity contribution in [3.05, 3.63) is 84.4 Å². The Hall–Kier alpha value is -3.03. The van der Waals surface area contributed by atoms with Gasteiger partial charge in [-0.1, -0.05) is 54.6 Å². The van der Waals surface area contributed by atoms with Gasteiger partial charge in [-0.3, -0.25) is 4.72 Å². The van der Waals surface area contributed by atoms with Gasteiger partial charge in [0.25, 0.3) is 10.0 Å². The number of para-hydroxylation sites is 1. The zero-order valence-electron chi connectivity index (χ0n) is 13.5. The largest absolute Gasteiger partial charge is 0.280 e. The molecule has 0 spiro atoms. The first-order valence-corrected chi connectivity index (χ1v) is 9.27. The van der Waals surface area contributed by atoms with E-state index in [-0.39, 0.29) is 4.90 Å². The summed E-state index contributed by atoms with van der Waals surface area (Å²) in [6.07, 6.45) is 5.91. The third-order valence-corrected chi connectivity index (χ3v) is 5.18. The maximum absolute atomic E-state index is 12.4. The molecule has 0 saturated heterocycles. The van der Waals surface area contributed by atoms with Crippen LogP contribution in [0.4, 0.5) is 5.69 Å². The fraction of sp³-hybridized carbons (Fsp3) is 0.0476. The Bertz CT molecular complexity index is 985. The molecule has 25 heavy (non-hydrogen) atoms. The van der Waals surface area contributed by atoms with Crippen molar-refractivity contribution < 1.29 is 8.42 Å². The van der Waals surface area contributed by atoms with E-state index in [9.17, 15) is 8.42 Å². The molecule has 3 aromatic rings. The number of sulfonamides is 1. The highest BCUT2D eigenvalue weighted by molar-refractivity contribution is 7.92. The molecule has 3 aromatic carbocycles. The van der Waals surface area contributed by atoms with Crippen LogP contribution >= 0.6 is 0 Å². The van der Waals surface area contributed by atoms with E-state index >= 15 is 0 Å². The van der Waals surface area contributed by atoms with Gasteiger partial charge in [-0.25, -0.2) is 8.42 Å². The number of hydrogen-bond donors (Lipinski definition) is 1. The van der Waals surface area contributed by atoms with Crippen molar-refractivity contribution in [3.8, 4) is 23.5 Å². The van der Waals surface area contributed by atoms with Crippen LogP contribution in [-0.4, -0.2) is 8.42 Å². The van der Waals surface area contributed by atoms with Crippen LogP contribution < -0.4 is 4.72 Å². The lowest BCUT2D eigenvalue weighted by Gasteiger charge is -2.09. The SMILES string of the molecule is C#CCc1ccc(-c2ccc(S(=O)(=O)Nc3ccccc3)cc2)cc1. The van der Waals surface area contributed by atoms with E-state index in [1.165, 1.54) is 0 Å². The van der Waals surface area contributed by atoms with Gasteiger partial charge in [0.2, 0.25) is 0 Å². The van der Waals surface area contributed by atoms with Crippen LogP contribution in [0.5, 0.6) is 0 Å². The Morgan fingerprint density at radius 2 is 1.36 bits per heavy atom. The van der Waals surface area contributed by atoms with Gasteiger partial charge < -0.3 is 0 Å². The van der Waals surface area contributed by atoms with E-state index in [0.29, 0.717) is 12.1 Å². The summed E-state index contributed by atoms with van der Waals surface area (Å²) in [4.78, 5) is 0.226. The Kier molecular flexibility index (Phi) is 4.87. The fourth-order valence-corrected chi connectivity index (χ4v) is 3.54. The number of terminal acetylenes is 1. The molecule has 0 aliphatic carbocycles. The van der Waals surface area contributed by atoms with E-state index in [2.05, 4.69) is 10.6 Å². The van der Waals surface area contributed by atoms with Crippen LogP contribution in [0.3, 0.4) is 0 Å². The molecule has 0 bridgehead atoms. The first-order chi connectivity index (χ1) is 12.1. The van der Waals surface area contributed by atoms with E-state index in [0.717, 1.165) is 16.7 Å². The topological polar surface area (TPSA) is 46.2 Å². The second-order valence-electron chi connectivity index (χ2n) is 5.57. The molecule has 0 aliphatic rings. The van der Waals surface area contributed by atoms with Crippen molar-refractivity contribution in [3.63, 3.8) is 0 Å². The van der Waals surface area contributed by atoms with E-state index in [1.807, 2.05) is 30.3 Å². The van der Waals surface area contributed by atoms with Crippen LogP contribution in [0, 0.1) is 12.3 Å². The van der Waals surface area contributed by atoms with Crippen molar-refractivity contribution in [1.29, 1.82) is 0 Å². The van der Waals surface area contributed by atoms with Gasteiger partial charge in [-0.05, 0) is 41.0 Å². The van der Waals surface area contributed by atoms with Crippen molar-refractivity contribution in [1.82, 2.24) is 0 Å². The maximum Gasteiger partial charge on any atom is 0.261 e. The molecule has 1 N–H and O–H groups in total. The van der Waals surface area contributed by atoms with Gasteiger partial charge in [0.05, 0.1) is 4.90 Å². The highest BCUT2D eigenvalue weighted by Crippen LogP contribution is 2.23. The molecule has 4 heteroatoms. The Labute approximate surface area is 148 Å². The summed E-state index contributed by atoms with van der Waals surface area (Å²) < 4.78 is 27.4. The van der Waals surface area contributed by atoms with Crippen LogP contribution in [0.1, 0.15) is 5.56 Å². The van der Waals surface area contributed by atoms with E-state index < -0.39 is 10.0 Å². The van der Waals surface area contributed by atoms with Gasteiger partial charge >= 0.3 is 0 Å². The molecule has 0 amide bonds. The molecule has 0 heterocycles. The van der Waals surface area contributed by atoms with Gasteiger partial charge in [0.15, 0.2) is 0 Å². The first-order valence-electron chi connectivity index (χ1n) is 7.79. The lowest BCUT2D eigenvalue weighted by atomic mass is 10.0. The molecule has 0 atom stereocenters. The molecule has 0 fully saturated rings. The van der Waals surface area contributed by atoms with Crippen molar-refractivity contribution in [2.45, 2.75) is 11.3 Å². The predicted octanol–water partition coefficient (Wildman–Crippen LogP) is 4.33. The molecule has 3 nitrogen and oxygen atoms in total. The molecule has 0 radical (unpaired) electrons.